The molecule has 2 unspecified atom stereocenters. The van der Waals surface area contributed by atoms with Gasteiger partial charge in [-0.1, -0.05) is 23.7 Å². The first-order valence-corrected chi connectivity index (χ1v) is 11.5. The molecule has 2 atom stereocenters. The fourth-order valence-electron chi connectivity index (χ4n) is 4.71. The van der Waals surface area contributed by atoms with E-state index in [1.165, 1.54) is 19.2 Å². The molecular formula is C25H28ClFN4O2. The Balaban J connectivity index is 1.45. The van der Waals surface area contributed by atoms with Crippen LogP contribution in [-0.2, 0) is 11.3 Å². The Bertz CT molecular complexity index is 1060. The summed E-state index contributed by atoms with van der Waals surface area (Å²) in [5.74, 6) is -0.256. The Labute approximate surface area is 198 Å². The number of anilines is 1. The van der Waals surface area contributed by atoms with Crippen LogP contribution in [0.4, 0.5) is 14.9 Å². The summed E-state index contributed by atoms with van der Waals surface area (Å²) in [7, 11) is 1.54. The number of hydrogen-bond donors (Lipinski definition) is 2. The second-order valence-corrected chi connectivity index (χ2v) is 9.08. The molecule has 2 heterocycles. The molecule has 0 radical (unpaired) electrons. The van der Waals surface area contributed by atoms with Crippen molar-refractivity contribution < 1.29 is 14.0 Å². The van der Waals surface area contributed by atoms with Crippen molar-refractivity contribution in [1.29, 1.82) is 0 Å². The molecule has 2 fully saturated rings. The van der Waals surface area contributed by atoms with E-state index in [0.29, 0.717) is 10.7 Å². The number of rotatable bonds is 5. The molecule has 0 spiro atoms. The van der Waals surface area contributed by atoms with Gasteiger partial charge in [0.1, 0.15) is 5.82 Å². The Morgan fingerprint density at radius 1 is 1.15 bits per heavy atom. The van der Waals surface area contributed by atoms with Gasteiger partial charge in [0.15, 0.2) is 0 Å². The van der Waals surface area contributed by atoms with E-state index in [1.54, 1.807) is 18.2 Å². The van der Waals surface area contributed by atoms with Gasteiger partial charge in [-0.05, 0) is 66.8 Å². The van der Waals surface area contributed by atoms with Crippen LogP contribution in [0.1, 0.15) is 29.5 Å². The number of urea groups is 1. The molecule has 174 valence electrons. The van der Waals surface area contributed by atoms with Gasteiger partial charge in [-0.25, -0.2) is 9.18 Å². The molecule has 2 aromatic rings. The highest BCUT2D eigenvalue weighted by Gasteiger charge is 2.41. The lowest BCUT2D eigenvalue weighted by Crippen LogP contribution is -2.55. The zero-order valence-corrected chi connectivity index (χ0v) is 19.5. The van der Waals surface area contributed by atoms with E-state index < -0.39 is 0 Å². The van der Waals surface area contributed by atoms with Crippen LogP contribution in [0, 0.1) is 12.7 Å². The summed E-state index contributed by atoms with van der Waals surface area (Å²) < 4.78 is 13.2. The summed E-state index contributed by atoms with van der Waals surface area (Å²) in [4.78, 5) is 29.3. The molecule has 2 saturated heterocycles. The van der Waals surface area contributed by atoms with Gasteiger partial charge >= 0.3 is 6.03 Å². The van der Waals surface area contributed by atoms with Gasteiger partial charge in [0.2, 0.25) is 5.91 Å². The smallest absolute Gasteiger partial charge is 0.318 e. The number of nitrogens with one attached hydrogen (secondary N) is 2. The zero-order valence-electron chi connectivity index (χ0n) is 18.8. The van der Waals surface area contributed by atoms with Crippen molar-refractivity contribution in [3.63, 3.8) is 0 Å². The van der Waals surface area contributed by atoms with E-state index in [9.17, 15) is 14.0 Å². The van der Waals surface area contributed by atoms with Crippen molar-refractivity contribution >= 4 is 35.3 Å². The SMILES string of the molecule is CNC(=O)Nc1cc(Cl)c(C)cc1/C=C/C(=O)N1C2CCC1CN(Cc1ccc(F)cc1)C2. The predicted molar refractivity (Wildman–Crippen MR) is 129 cm³/mol. The summed E-state index contributed by atoms with van der Waals surface area (Å²) in [5.41, 5.74) is 3.20. The Morgan fingerprint density at radius 2 is 1.82 bits per heavy atom. The third-order valence-electron chi connectivity index (χ3n) is 6.34. The van der Waals surface area contributed by atoms with Crippen LogP contribution in [0.3, 0.4) is 0 Å². The van der Waals surface area contributed by atoms with Crippen molar-refractivity contribution in [2.24, 2.45) is 0 Å². The number of carbonyl (C=O) groups excluding carboxylic acids is 2. The van der Waals surface area contributed by atoms with Gasteiger partial charge in [0.25, 0.3) is 0 Å². The average molecular weight is 471 g/mol. The van der Waals surface area contributed by atoms with E-state index in [4.69, 9.17) is 11.6 Å². The van der Waals surface area contributed by atoms with Gasteiger partial charge < -0.3 is 15.5 Å². The van der Waals surface area contributed by atoms with Crippen LogP contribution in [0.5, 0.6) is 0 Å². The lowest BCUT2D eigenvalue weighted by atomic mass is 10.1. The minimum absolute atomic E-state index is 0.0255. The van der Waals surface area contributed by atoms with Gasteiger partial charge in [0, 0.05) is 49.9 Å². The van der Waals surface area contributed by atoms with E-state index in [2.05, 4.69) is 15.5 Å². The van der Waals surface area contributed by atoms with Gasteiger partial charge in [-0.15, -0.1) is 0 Å². The third-order valence-corrected chi connectivity index (χ3v) is 6.75. The second kappa shape index (κ2) is 9.93. The number of piperazine rings is 1. The molecule has 0 aromatic heterocycles. The summed E-state index contributed by atoms with van der Waals surface area (Å²) >= 11 is 6.23. The minimum atomic E-state index is -0.355. The monoisotopic (exact) mass is 470 g/mol. The summed E-state index contributed by atoms with van der Waals surface area (Å²) in [6, 6.07) is 10.1. The van der Waals surface area contributed by atoms with Crippen LogP contribution in [0.2, 0.25) is 5.02 Å². The molecule has 0 saturated carbocycles. The van der Waals surface area contributed by atoms with E-state index in [0.717, 1.165) is 49.2 Å². The van der Waals surface area contributed by atoms with Crippen LogP contribution in [0.25, 0.3) is 6.08 Å². The number of amides is 3. The van der Waals surface area contributed by atoms with E-state index >= 15 is 0 Å². The molecule has 2 aromatic carbocycles. The van der Waals surface area contributed by atoms with Gasteiger partial charge in [-0.3, -0.25) is 9.69 Å². The normalized spacial score (nSPS) is 20.3. The van der Waals surface area contributed by atoms with Crippen LogP contribution >= 0.6 is 11.6 Å². The zero-order chi connectivity index (χ0) is 23.5. The number of hydrogen-bond acceptors (Lipinski definition) is 3. The first-order valence-electron chi connectivity index (χ1n) is 11.1. The highest BCUT2D eigenvalue weighted by molar-refractivity contribution is 6.31. The number of aryl methyl sites for hydroxylation is 1. The Kier molecular flexibility index (Phi) is 7.00. The highest BCUT2D eigenvalue weighted by atomic mass is 35.5. The molecule has 8 heteroatoms. The molecule has 33 heavy (non-hydrogen) atoms. The van der Waals surface area contributed by atoms with Crippen molar-refractivity contribution in [3.05, 3.63) is 70.0 Å². The number of benzene rings is 2. The van der Waals surface area contributed by atoms with E-state index in [1.807, 2.05) is 30.0 Å². The Morgan fingerprint density at radius 3 is 2.45 bits per heavy atom. The fourth-order valence-corrected chi connectivity index (χ4v) is 4.87. The molecule has 4 rings (SSSR count). The maximum atomic E-state index is 13.2. The average Bonchev–Trinajstić information content (AvgIpc) is 3.06. The van der Waals surface area contributed by atoms with Crippen molar-refractivity contribution in [2.45, 2.75) is 38.4 Å². The number of nitrogens with zero attached hydrogens (tertiary/aromatic N) is 2. The van der Waals surface area contributed by atoms with Crippen molar-refractivity contribution in [1.82, 2.24) is 15.1 Å². The first kappa shape index (κ1) is 23.3. The summed E-state index contributed by atoms with van der Waals surface area (Å²) in [5, 5.41) is 5.81. The summed E-state index contributed by atoms with van der Waals surface area (Å²) in [6.07, 6.45) is 5.28. The lowest BCUT2D eigenvalue weighted by molar-refractivity contribution is -0.131. The topological polar surface area (TPSA) is 64.7 Å². The van der Waals surface area contributed by atoms with Crippen LogP contribution in [-0.4, -0.2) is 54.0 Å². The number of fused-ring (bicyclic) bond motifs is 2. The number of likely N-dealkylation sites (tertiary alicyclic amines) is 1. The molecule has 2 bridgehead atoms. The molecule has 2 aliphatic heterocycles. The predicted octanol–water partition coefficient (Wildman–Crippen LogP) is 4.43. The first-order chi connectivity index (χ1) is 15.8. The van der Waals surface area contributed by atoms with E-state index in [-0.39, 0.29) is 29.8 Å². The maximum Gasteiger partial charge on any atom is 0.318 e. The second-order valence-electron chi connectivity index (χ2n) is 8.68. The number of carbonyl (C=O) groups is 2. The van der Waals surface area contributed by atoms with Crippen LogP contribution in [0.15, 0.2) is 42.5 Å². The molecule has 0 aliphatic carbocycles. The van der Waals surface area contributed by atoms with Crippen molar-refractivity contribution in [2.75, 3.05) is 25.5 Å². The highest BCUT2D eigenvalue weighted by Crippen LogP contribution is 2.32. The third kappa shape index (κ3) is 5.37. The molecular weight excluding hydrogens is 443 g/mol. The van der Waals surface area contributed by atoms with Gasteiger partial charge in [-0.2, -0.15) is 0 Å². The molecule has 2 aliphatic rings. The quantitative estimate of drug-likeness (QED) is 0.635. The van der Waals surface area contributed by atoms with Crippen molar-refractivity contribution in [3.8, 4) is 0 Å². The summed E-state index contributed by atoms with van der Waals surface area (Å²) in [6.45, 7) is 4.24. The molecule has 6 nitrogen and oxygen atoms in total. The Hall–Kier alpha value is -2.90. The number of halogens is 2. The standard InChI is InChI=1S/C25H28ClFN4O2/c1-16-11-18(23(12-22(16)26)29-25(33)28-2)5-10-24(32)31-20-8-9-21(31)15-30(14-20)13-17-3-6-19(27)7-4-17/h3-7,10-12,20-21H,8-9,13-15H2,1-2H3,(H2,28,29,33)/b10-5+. The lowest BCUT2D eigenvalue weighted by Gasteiger charge is -2.40. The van der Waals surface area contributed by atoms with Gasteiger partial charge in [0.05, 0.1) is 5.69 Å². The molecule has 2 N–H and O–H groups in total. The largest absolute Gasteiger partial charge is 0.341 e. The molecule has 3 amide bonds. The maximum absolute atomic E-state index is 13.2. The van der Waals surface area contributed by atoms with Crippen LogP contribution < -0.4 is 10.6 Å². The fraction of sp³-hybridized carbons (Fsp3) is 0.360. The minimum Gasteiger partial charge on any atom is -0.341 e.